The predicted molar refractivity (Wildman–Crippen MR) is 77.1 cm³/mol. The number of carboxylic acid groups (broad SMARTS) is 1. The molecule has 1 atom stereocenters. The van der Waals surface area contributed by atoms with Crippen molar-refractivity contribution in [3.8, 4) is 5.88 Å². The number of hydrogen-bond acceptors (Lipinski definition) is 4. The van der Waals surface area contributed by atoms with Crippen LogP contribution >= 0.6 is 0 Å². The minimum Gasteiger partial charge on any atom is -0.481 e. The second-order valence-corrected chi connectivity index (χ2v) is 4.62. The number of pyridine rings is 1. The van der Waals surface area contributed by atoms with Gasteiger partial charge in [0.2, 0.25) is 5.88 Å². The molecule has 21 heavy (non-hydrogen) atoms. The monoisotopic (exact) mass is 295 g/mol. The van der Waals surface area contributed by atoms with Crippen LogP contribution in [0.15, 0.2) is 18.3 Å². The number of ether oxygens (including phenoxy) is 1. The van der Waals surface area contributed by atoms with Gasteiger partial charge in [-0.05, 0) is 12.0 Å². The van der Waals surface area contributed by atoms with Crippen molar-refractivity contribution in [1.29, 1.82) is 0 Å². The summed E-state index contributed by atoms with van der Waals surface area (Å²) >= 11 is 0. The molecule has 1 aromatic rings. The molecule has 0 bridgehead atoms. The van der Waals surface area contributed by atoms with Crippen molar-refractivity contribution < 1.29 is 19.4 Å². The minimum atomic E-state index is -0.923. The highest BCUT2D eigenvalue weighted by atomic mass is 16.5. The lowest BCUT2D eigenvalue weighted by Crippen LogP contribution is -2.42. The molecule has 1 unspecified atom stereocenters. The van der Waals surface area contributed by atoms with Crippen LogP contribution in [0.2, 0.25) is 0 Å². The van der Waals surface area contributed by atoms with Crippen molar-refractivity contribution in [1.82, 2.24) is 15.6 Å². The van der Waals surface area contributed by atoms with E-state index in [2.05, 4.69) is 15.6 Å². The summed E-state index contributed by atoms with van der Waals surface area (Å²) in [5, 5.41) is 14.1. The van der Waals surface area contributed by atoms with Crippen LogP contribution in [0.1, 0.15) is 31.7 Å². The molecule has 0 aliphatic carbocycles. The SMILES string of the molecule is CCCC(CC(=O)O)NC(=O)NCc1ccc(OC)nc1. The van der Waals surface area contributed by atoms with Crippen molar-refractivity contribution in [3.63, 3.8) is 0 Å². The zero-order chi connectivity index (χ0) is 15.7. The van der Waals surface area contributed by atoms with Crippen LogP contribution in [0.3, 0.4) is 0 Å². The number of hydrogen-bond donors (Lipinski definition) is 3. The van der Waals surface area contributed by atoms with Gasteiger partial charge in [0.05, 0.1) is 13.5 Å². The lowest BCUT2D eigenvalue weighted by Gasteiger charge is -2.16. The molecule has 0 fully saturated rings. The van der Waals surface area contributed by atoms with Gasteiger partial charge in [0.1, 0.15) is 0 Å². The average molecular weight is 295 g/mol. The second-order valence-electron chi connectivity index (χ2n) is 4.62. The van der Waals surface area contributed by atoms with Crippen molar-refractivity contribution in [2.24, 2.45) is 0 Å². The largest absolute Gasteiger partial charge is 0.481 e. The highest BCUT2D eigenvalue weighted by molar-refractivity contribution is 5.75. The predicted octanol–water partition coefficient (Wildman–Crippen LogP) is 1.53. The third kappa shape index (κ3) is 6.60. The first-order chi connectivity index (χ1) is 10.0. The van der Waals surface area contributed by atoms with Crippen LogP contribution in [-0.4, -0.2) is 35.2 Å². The highest BCUT2D eigenvalue weighted by Gasteiger charge is 2.14. The summed E-state index contributed by atoms with van der Waals surface area (Å²) in [7, 11) is 1.53. The molecule has 0 saturated heterocycles. The van der Waals surface area contributed by atoms with E-state index in [1.165, 1.54) is 7.11 Å². The number of carboxylic acids is 1. The van der Waals surface area contributed by atoms with Gasteiger partial charge in [0, 0.05) is 24.8 Å². The third-order valence-electron chi connectivity index (χ3n) is 2.85. The lowest BCUT2D eigenvalue weighted by atomic mass is 10.1. The van der Waals surface area contributed by atoms with E-state index in [-0.39, 0.29) is 18.5 Å². The molecule has 7 nitrogen and oxygen atoms in total. The van der Waals surface area contributed by atoms with Gasteiger partial charge >= 0.3 is 12.0 Å². The number of amides is 2. The van der Waals surface area contributed by atoms with E-state index in [9.17, 15) is 9.59 Å². The topological polar surface area (TPSA) is 101 Å². The molecule has 1 aromatic heterocycles. The first-order valence-electron chi connectivity index (χ1n) is 6.80. The number of rotatable bonds is 8. The fraction of sp³-hybridized carbons (Fsp3) is 0.500. The highest BCUT2D eigenvalue weighted by Crippen LogP contribution is 2.06. The van der Waals surface area contributed by atoms with Crippen LogP contribution in [0, 0.1) is 0 Å². The summed E-state index contributed by atoms with van der Waals surface area (Å²) in [6.45, 7) is 2.26. The zero-order valence-electron chi connectivity index (χ0n) is 12.3. The number of carbonyl (C=O) groups excluding carboxylic acids is 1. The maximum atomic E-state index is 11.7. The number of aliphatic carboxylic acids is 1. The molecular weight excluding hydrogens is 274 g/mol. The van der Waals surface area contributed by atoms with Crippen LogP contribution in [-0.2, 0) is 11.3 Å². The number of carbonyl (C=O) groups is 2. The number of aromatic nitrogens is 1. The Hall–Kier alpha value is -2.31. The Kier molecular flexibility index (Phi) is 7.00. The standard InChI is InChI=1S/C14H21N3O4/c1-3-4-11(7-13(18)19)17-14(20)16-9-10-5-6-12(21-2)15-8-10/h5-6,8,11H,3-4,7,9H2,1-2H3,(H,18,19)(H2,16,17,20). The summed E-state index contributed by atoms with van der Waals surface area (Å²) in [5.41, 5.74) is 0.830. The Morgan fingerprint density at radius 1 is 1.43 bits per heavy atom. The van der Waals surface area contributed by atoms with Crippen molar-refractivity contribution in [2.75, 3.05) is 7.11 Å². The Labute approximate surface area is 123 Å². The number of nitrogens with zero attached hydrogens (tertiary/aromatic N) is 1. The summed E-state index contributed by atoms with van der Waals surface area (Å²) in [4.78, 5) is 26.5. The van der Waals surface area contributed by atoms with Crippen molar-refractivity contribution >= 4 is 12.0 Å². The Morgan fingerprint density at radius 2 is 2.19 bits per heavy atom. The van der Waals surface area contributed by atoms with Crippen LogP contribution in [0.25, 0.3) is 0 Å². The molecule has 7 heteroatoms. The van der Waals surface area contributed by atoms with Crippen molar-refractivity contribution in [2.45, 2.75) is 38.8 Å². The third-order valence-corrected chi connectivity index (χ3v) is 2.85. The van der Waals surface area contributed by atoms with Gasteiger partial charge in [-0.3, -0.25) is 4.79 Å². The van der Waals surface area contributed by atoms with Gasteiger partial charge < -0.3 is 20.5 Å². The molecule has 1 rings (SSSR count). The van der Waals surface area contributed by atoms with Crippen LogP contribution in [0.5, 0.6) is 5.88 Å². The van der Waals surface area contributed by atoms with Gasteiger partial charge in [-0.2, -0.15) is 0 Å². The maximum Gasteiger partial charge on any atom is 0.315 e. The van der Waals surface area contributed by atoms with Gasteiger partial charge in [-0.15, -0.1) is 0 Å². The fourth-order valence-electron chi connectivity index (χ4n) is 1.84. The maximum absolute atomic E-state index is 11.7. The molecule has 0 spiro atoms. The summed E-state index contributed by atoms with van der Waals surface area (Å²) in [5.74, 6) is -0.416. The smallest absolute Gasteiger partial charge is 0.315 e. The van der Waals surface area contributed by atoms with E-state index in [1.54, 1.807) is 18.3 Å². The molecule has 0 aromatic carbocycles. The number of nitrogens with one attached hydrogen (secondary N) is 2. The second kappa shape index (κ2) is 8.78. The number of urea groups is 1. The van der Waals surface area contributed by atoms with E-state index < -0.39 is 5.97 Å². The zero-order valence-corrected chi connectivity index (χ0v) is 12.3. The van der Waals surface area contributed by atoms with Gasteiger partial charge in [-0.1, -0.05) is 19.4 Å². The molecule has 0 saturated carbocycles. The number of methoxy groups -OCH3 is 1. The van der Waals surface area contributed by atoms with Crippen LogP contribution < -0.4 is 15.4 Å². The van der Waals surface area contributed by atoms with Crippen molar-refractivity contribution in [3.05, 3.63) is 23.9 Å². The van der Waals surface area contributed by atoms with Gasteiger partial charge in [0.25, 0.3) is 0 Å². The van der Waals surface area contributed by atoms with Gasteiger partial charge in [0.15, 0.2) is 0 Å². The van der Waals surface area contributed by atoms with Crippen LogP contribution in [0.4, 0.5) is 4.79 Å². The molecular formula is C14H21N3O4. The van der Waals surface area contributed by atoms with E-state index in [0.717, 1.165) is 12.0 Å². The lowest BCUT2D eigenvalue weighted by molar-refractivity contribution is -0.137. The summed E-state index contributed by atoms with van der Waals surface area (Å²) < 4.78 is 4.94. The molecule has 3 N–H and O–H groups in total. The van der Waals surface area contributed by atoms with E-state index in [0.29, 0.717) is 18.8 Å². The molecule has 2 amide bonds. The minimum absolute atomic E-state index is 0.0780. The summed E-state index contributed by atoms with van der Waals surface area (Å²) in [6.07, 6.45) is 2.97. The van der Waals surface area contributed by atoms with E-state index >= 15 is 0 Å². The van der Waals surface area contributed by atoms with E-state index in [1.807, 2.05) is 6.92 Å². The average Bonchev–Trinajstić information content (AvgIpc) is 2.45. The molecule has 0 aliphatic heterocycles. The summed E-state index contributed by atoms with van der Waals surface area (Å²) in [6, 6.07) is 2.76. The quantitative estimate of drug-likeness (QED) is 0.675. The molecule has 0 radical (unpaired) electrons. The Bertz CT molecular complexity index is 462. The Balaban J connectivity index is 2.42. The molecule has 116 valence electrons. The Morgan fingerprint density at radius 3 is 2.71 bits per heavy atom. The first kappa shape index (κ1) is 16.7. The molecule has 0 aliphatic rings. The fourth-order valence-corrected chi connectivity index (χ4v) is 1.84. The van der Waals surface area contributed by atoms with E-state index in [4.69, 9.17) is 9.84 Å². The molecule has 1 heterocycles. The normalized spacial score (nSPS) is 11.5. The first-order valence-corrected chi connectivity index (χ1v) is 6.80. The van der Waals surface area contributed by atoms with Gasteiger partial charge in [-0.25, -0.2) is 9.78 Å².